The summed E-state index contributed by atoms with van der Waals surface area (Å²) in [7, 11) is 0. The summed E-state index contributed by atoms with van der Waals surface area (Å²) in [5, 5.41) is 3.38. The van der Waals surface area contributed by atoms with Crippen LogP contribution in [0, 0.1) is 6.92 Å². The molecule has 0 radical (unpaired) electrons. The van der Waals surface area contributed by atoms with Gasteiger partial charge in [-0.1, -0.05) is 13.8 Å². The molecule has 1 heterocycles. The fraction of sp³-hybridized carbons (Fsp3) is 0.733. The molecule has 0 bridgehead atoms. The minimum absolute atomic E-state index is 0.253. The van der Waals surface area contributed by atoms with Crippen LogP contribution in [0.2, 0.25) is 0 Å². The Kier molecular flexibility index (Phi) is 7.13. The van der Waals surface area contributed by atoms with Gasteiger partial charge in [0.15, 0.2) is 0 Å². The van der Waals surface area contributed by atoms with Gasteiger partial charge >= 0.3 is 0 Å². The van der Waals surface area contributed by atoms with Crippen LogP contribution in [0.1, 0.15) is 44.8 Å². The van der Waals surface area contributed by atoms with Crippen molar-refractivity contribution >= 4 is 0 Å². The molecule has 0 aliphatic rings. The third-order valence-corrected chi connectivity index (χ3v) is 2.70. The quantitative estimate of drug-likeness (QED) is 0.700. The van der Waals surface area contributed by atoms with E-state index in [1.165, 1.54) is 5.56 Å². The molecule has 110 valence electrons. The Hall–Kier alpha value is -0.840. The number of furan rings is 1. The van der Waals surface area contributed by atoms with Gasteiger partial charge in [0.1, 0.15) is 18.1 Å². The Bertz CT molecular complexity index is 358. The summed E-state index contributed by atoms with van der Waals surface area (Å²) in [6, 6.07) is 2.54. The van der Waals surface area contributed by atoms with E-state index in [9.17, 15) is 0 Å². The Balaban J connectivity index is 2.29. The Morgan fingerprint density at radius 1 is 1.21 bits per heavy atom. The highest BCUT2D eigenvalue weighted by molar-refractivity contribution is 5.20. The van der Waals surface area contributed by atoms with Crippen LogP contribution in [-0.4, -0.2) is 25.4 Å². The Morgan fingerprint density at radius 2 is 1.95 bits per heavy atom. The van der Waals surface area contributed by atoms with E-state index in [0.717, 1.165) is 18.1 Å². The zero-order valence-electron chi connectivity index (χ0n) is 12.8. The summed E-state index contributed by atoms with van der Waals surface area (Å²) in [6.45, 7) is 12.9. The Morgan fingerprint density at radius 3 is 2.58 bits per heavy atom. The summed E-state index contributed by atoms with van der Waals surface area (Å²) >= 11 is 0. The molecule has 1 rings (SSSR count). The normalized spacial score (nSPS) is 11.7. The minimum atomic E-state index is 0.253. The molecule has 0 unspecified atom stereocenters. The molecule has 0 aliphatic heterocycles. The molecule has 0 amide bonds. The molecular formula is C15H27NO3. The highest BCUT2D eigenvalue weighted by atomic mass is 16.5. The third-order valence-electron chi connectivity index (χ3n) is 2.70. The van der Waals surface area contributed by atoms with Crippen LogP contribution in [0.25, 0.3) is 0 Å². The zero-order valence-corrected chi connectivity index (χ0v) is 12.8. The summed E-state index contributed by atoms with van der Waals surface area (Å²) in [4.78, 5) is 0. The average molecular weight is 269 g/mol. The highest BCUT2D eigenvalue weighted by Crippen LogP contribution is 2.15. The molecule has 19 heavy (non-hydrogen) atoms. The predicted molar refractivity (Wildman–Crippen MR) is 76.2 cm³/mol. The summed E-state index contributed by atoms with van der Waals surface area (Å²) in [6.07, 6.45) is 0.253. The molecule has 0 aliphatic carbocycles. The summed E-state index contributed by atoms with van der Waals surface area (Å²) in [5.74, 6) is 1.84. The first kappa shape index (κ1) is 16.2. The fourth-order valence-electron chi connectivity index (χ4n) is 1.66. The van der Waals surface area contributed by atoms with Crippen molar-refractivity contribution in [2.24, 2.45) is 0 Å². The highest BCUT2D eigenvalue weighted by Gasteiger charge is 2.07. The maximum Gasteiger partial charge on any atom is 0.130 e. The van der Waals surface area contributed by atoms with Gasteiger partial charge in [0.05, 0.1) is 19.3 Å². The third kappa shape index (κ3) is 6.76. The lowest BCUT2D eigenvalue weighted by molar-refractivity contribution is 0.0102. The zero-order chi connectivity index (χ0) is 14.3. The molecule has 4 heteroatoms. The van der Waals surface area contributed by atoms with Crippen LogP contribution in [-0.2, 0) is 22.6 Å². The number of hydrogen-bond donors (Lipinski definition) is 1. The van der Waals surface area contributed by atoms with Gasteiger partial charge in [0.25, 0.3) is 0 Å². The molecule has 4 nitrogen and oxygen atoms in total. The molecule has 0 saturated heterocycles. The van der Waals surface area contributed by atoms with Gasteiger partial charge in [0, 0.05) is 18.2 Å². The largest absolute Gasteiger partial charge is 0.464 e. The van der Waals surface area contributed by atoms with E-state index in [1.54, 1.807) is 0 Å². The summed E-state index contributed by atoms with van der Waals surface area (Å²) in [5.41, 5.74) is 1.20. The Labute approximate surface area is 116 Å². The van der Waals surface area contributed by atoms with Crippen LogP contribution in [0.4, 0.5) is 0 Å². The second kappa shape index (κ2) is 8.35. The lowest BCUT2D eigenvalue weighted by atomic mass is 10.2. The van der Waals surface area contributed by atoms with Gasteiger partial charge < -0.3 is 19.2 Å². The van der Waals surface area contributed by atoms with Crippen LogP contribution < -0.4 is 5.32 Å². The van der Waals surface area contributed by atoms with Gasteiger partial charge in [-0.2, -0.15) is 0 Å². The standard InChI is InChI=1S/C15H27NO3/c1-11(2)16-9-14-8-15(19-13(14)5)10-17-6-7-18-12(3)4/h8,11-12,16H,6-7,9-10H2,1-5H3. The number of hydrogen-bond acceptors (Lipinski definition) is 4. The topological polar surface area (TPSA) is 43.6 Å². The number of nitrogens with one attached hydrogen (secondary N) is 1. The van der Waals surface area contributed by atoms with Gasteiger partial charge in [-0.05, 0) is 26.8 Å². The first-order valence-corrected chi connectivity index (χ1v) is 7.00. The lowest BCUT2D eigenvalue weighted by Gasteiger charge is -2.07. The van der Waals surface area contributed by atoms with Crippen molar-refractivity contribution in [3.63, 3.8) is 0 Å². The summed E-state index contributed by atoms with van der Waals surface area (Å²) < 4.78 is 16.6. The first-order chi connectivity index (χ1) is 8.99. The SMILES string of the molecule is Cc1oc(COCCOC(C)C)cc1CNC(C)C. The van der Waals surface area contributed by atoms with Gasteiger partial charge in [-0.15, -0.1) is 0 Å². The molecule has 0 fully saturated rings. The van der Waals surface area contributed by atoms with Crippen molar-refractivity contribution in [1.29, 1.82) is 0 Å². The van der Waals surface area contributed by atoms with Crippen molar-refractivity contribution in [3.8, 4) is 0 Å². The van der Waals surface area contributed by atoms with E-state index >= 15 is 0 Å². The maximum absolute atomic E-state index is 5.67. The molecule has 0 atom stereocenters. The molecule has 1 N–H and O–H groups in total. The first-order valence-electron chi connectivity index (χ1n) is 7.00. The monoisotopic (exact) mass is 269 g/mol. The van der Waals surface area contributed by atoms with Gasteiger partial charge in [0.2, 0.25) is 0 Å². The number of aryl methyl sites for hydroxylation is 1. The molecule has 1 aromatic heterocycles. The van der Waals surface area contributed by atoms with Crippen molar-refractivity contribution in [3.05, 3.63) is 23.2 Å². The second-order valence-electron chi connectivity index (χ2n) is 5.30. The van der Waals surface area contributed by atoms with E-state index < -0.39 is 0 Å². The smallest absolute Gasteiger partial charge is 0.130 e. The van der Waals surface area contributed by atoms with Gasteiger partial charge in [-0.25, -0.2) is 0 Å². The number of ether oxygens (including phenoxy) is 2. The number of rotatable bonds is 9. The van der Waals surface area contributed by atoms with Crippen molar-refractivity contribution in [1.82, 2.24) is 5.32 Å². The average Bonchev–Trinajstić information content (AvgIpc) is 2.66. The van der Waals surface area contributed by atoms with E-state index in [4.69, 9.17) is 13.9 Å². The minimum Gasteiger partial charge on any atom is -0.464 e. The molecular weight excluding hydrogens is 242 g/mol. The van der Waals surface area contributed by atoms with Crippen LogP contribution in [0.15, 0.2) is 10.5 Å². The predicted octanol–water partition coefficient (Wildman–Crippen LogP) is 3.03. The maximum atomic E-state index is 5.67. The van der Waals surface area contributed by atoms with Crippen molar-refractivity contribution in [2.75, 3.05) is 13.2 Å². The molecule has 0 saturated carbocycles. The van der Waals surface area contributed by atoms with E-state index in [-0.39, 0.29) is 6.10 Å². The van der Waals surface area contributed by atoms with Crippen LogP contribution >= 0.6 is 0 Å². The van der Waals surface area contributed by atoms with E-state index in [0.29, 0.717) is 25.9 Å². The second-order valence-corrected chi connectivity index (χ2v) is 5.30. The lowest BCUT2D eigenvalue weighted by Crippen LogP contribution is -2.21. The molecule has 0 aromatic carbocycles. The fourth-order valence-corrected chi connectivity index (χ4v) is 1.66. The van der Waals surface area contributed by atoms with Crippen molar-refractivity contribution < 1.29 is 13.9 Å². The van der Waals surface area contributed by atoms with Crippen LogP contribution in [0.3, 0.4) is 0 Å². The van der Waals surface area contributed by atoms with Crippen molar-refractivity contribution in [2.45, 2.75) is 59.9 Å². The molecule has 0 spiro atoms. The molecule has 1 aromatic rings. The van der Waals surface area contributed by atoms with E-state index in [1.807, 2.05) is 20.8 Å². The van der Waals surface area contributed by atoms with E-state index in [2.05, 4.69) is 25.2 Å². The van der Waals surface area contributed by atoms with Gasteiger partial charge in [-0.3, -0.25) is 0 Å². The van der Waals surface area contributed by atoms with Crippen LogP contribution in [0.5, 0.6) is 0 Å².